The van der Waals surface area contributed by atoms with Crippen LogP contribution in [-0.2, 0) is 11.3 Å². The molecule has 0 atom stereocenters. The SMILES string of the molecule is COC(=O)c1cc(C)cn1Cc1cc(Cl)ccc1N. The average Bonchev–Trinajstić information content (AvgIpc) is 2.74. The van der Waals surface area contributed by atoms with Crippen molar-refractivity contribution in [1.82, 2.24) is 4.57 Å². The third-order valence-corrected chi connectivity index (χ3v) is 3.11. The van der Waals surface area contributed by atoms with E-state index in [0.29, 0.717) is 22.9 Å². The Morgan fingerprint density at radius 3 is 2.84 bits per heavy atom. The minimum absolute atomic E-state index is 0.367. The summed E-state index contributed by atoms with van der Waals surface area (Å²) in [7, 11) is 1.36. The van der Waals surface area contributed by atoms with Gasteiger partial charge in [-0.1, -0.05) is 11.6 Å². The molecule has 19 heavy (non-hydrogen) atoms. The maximum Gasteiger partial charge on any atom is 0.354 e. The average molecular weight is 279 g/mol. The van der Waals surface area contributed by atoms with E-state index in [1.807, 2.05) is 17.7 Å². The fraction of sp³-hybridized carbons (Fsp3) is 0.214. The smallest absolute Gasteiger partial charge is 0.354 e. The molecule has 0 aliphatic rings. The highest BCUT2D eigenvalue weighted by Crippen LogP contribution is 2.20. The third kappa shape index (κ3) is 2.90. The van der Waals surface area contributed by atoms with Crippen LogP contribution in [0.5, 0.6) is 0 Å². The Bertz CT molecular complexity index is 620. The lowest BCUT2D eigenvalue weighted by molar-refractivity contribution is 0.0589. The lowest BCUT2D eigenvalue weighted by Gasteiger charge is -2.10. The van der Waals surface area contributed by atoms with Gasteiger partial charge in [-0.15, -0.1) is 0 Å². The van der Waals surface area contributed by atoms with Crippen molar-refractivity contribution in [3.8, 4) is 0 Å². The second-order valence-electron chi connectivity index (χ2n) is 4.37. The molecule has 0 aliphatic heterocycles. The summed E-state index contributed by atoms with van der Waals surface area (Å²) in [4.78, 5) is 11.7. The largest absolute Gasteiger partial charge is 0.464 e. The van der Waals surface area contributed by atoms with Crippen LogP contribution in [0.25, 0.3) is 0 Å². The molecule has 0 saturated heterocycles. The van der Waals surface area contributed by atoms with E-state index in [0.717, 1.165) is 11.1 Å². The highest BCUT2D eigenvalue weighted by atomic mass is 35.5. The van der Waals surface area contributed by atoms with Crippen LogP contribution in [0.1, 0.15) is 21.6 Å². The van der Waals surface area contributed by atoms with Gasteiger partial charge in [-0.25, -0.2) is 4.79 Å². The molecule has 1 aromatic heterocycles. The van der Waals surface area contributed by atoms with Gasteiger partial charge in [0.2, 0.25) is 0 Å². The summed E-state index contributed by atoms with van der Waals surface area (Å²) in [5.41, 5.74) is 8.91. The molecule has 0 bridgehead atoms. The first-order valence-corrected chi connectivity index (χ1v) is 6.18. The molecular formula is C14H15ClN2O2. The van der Waals surface area contributed by atoms with Gasteiger partial charge in [-0.05, 0) is 42.3 Å². The van der Waals surface area contributed by atoms with Crippen molar-refractivity contribution >= 4 is 23.3 Å². The number of carbonyl (C=O) groups is 1. The van der Waals surface area contributed by atoms with Crippen LogP contribution in [0.2, 0.25) is 5.02 Å². The van der Waals surface area contributed by atoms with Crippen molar-refractivity contribution in [3.05, 3.63) is 52.3 Å². The molecule has 1 heterocycles. The van der Waals surface area contributed by atoms with E-state index < -0.39 is 0 Å². The molecule has 1 aromatic carbocycles. The van der Waals surface area contributed by atoms with Gasteiger partial charge >= 0.3 is 5.97 Å². The number of hydrogen-bond donors (Lipinski definition) is 1. The van der Waals surface area contributed by atoms with Crippen LogP contribution in [0, 0.1) is 6.92 Å². The summed E-state index contributed by atoms with van der Waals surface area (Å²) in [6, 6.07) is 7.08. The summed E-state index contributed by atoms with van der Waals surface area (Å²) in [5.74, 6) is -0.367. The zero-order valence-corrected chi connectivity index (χ0v) is 11.6. The molecule has 100 valence electrons. The second kappa shape index (κ2) is 5.36. The molecule has 2 aromatic rings. The Morgan fingerprint density at radius 1 is 1.42 bits per heavy atom. The fourth-order valence-electron chi connectivity index (χ4n) is 1.96. The van der Waals surface area contributed by atoms with Crippen LogP contribution < -0.4 is 5.73 Å². The molecule has 4 nitrogen and oxygen atoms in total. The Hall–Kier alpha value is -1.94. The van der Waals surface area contributed by atoms with E-state index in [-0.39, 0.29) is 5.97 Å². The minimum atomic E-state index is -0.367. The van der Waals surface area contributed by atoms with Gasteiger partial charge in [0.1, 0.15) is 5.69 Å². The number of aromatic nitrogens is 1. The molecule has 0 radical (unpaired) electrons. The number of halogens is 1. The number of ether oxygens (including phenoxy) is 1. The molecule has 2 rings (SSSR count). The summed E-state index contributed by atoms with van der Waals surface area (Å²) in [6.45, 7) is 2.40. The molecule has 2 N–H and O–H groups in total. The topological polar surface area (TPSA) is 57.2 Å². The van der Waals surface area contributed by atoms with Crippen LogP contribution in [0.3, 0.4) is 0 Å². The summed E-state index contributed by atoms with van der Waals surface area (Å²) < 4.78 is 6.57. The lowest BCUT2D eigenvalue weighted by Crippen LogP contribution is -2.11. The van der Waals surface area contributed by atoms with Crippen LogP contribution >= 0.6 is 11.6 Å². The van der Waals surface area contributed by atoms with Crippen molar-refractivity contribution in [2.24, 2.45) is 0 Å². The zero-order chi connectivity index (χ0) is 14.0. The predicted octanol–water partition coefficient (Wildman–Crippen LogP) is 2.87. The lowest BCUT2D eigenvalue weighted by atomic mass is 10.2. The van der Waals surface area contributed by atoms with Gasteiger partial charge in [-0.3, -0.25) is 0 Å². The number of nitrogen functional groups attached to an aromatic ring is 1. The van der Waals surface area contributed by atoms with Crippen molar-refractivity contribution in [1.29, 1.82) is 0 Å². The summed E-state index contributed by atoms with van der Waals surface area (Å²) >= 11 is 5.96. The molecule has 0 spiro atoms. The Labute approximate surface area is 116 Å². The number of rotatable bonds is 3. The van der Waals surface area contributed by atoms with E-state index >= 15 is 0 Å². The molecule has 0 aliphatic carbocycles. The van der Waals surface area contributed by atoms with Gasteiger partial charge in [0.15, 0.2) is 0 Å². The van der Waals surface area contributed by atoms with Gasteiger partial charge in [0, 0.05) is 23.5 Å². The van der Waals surface area contributed by atoms with Crippen LogP contribution in [0.15, 0.2) is 30.5 Å². The number of esters is 1. The van der Waals surface area contributed by atoms with Crippen LogP contribution in [0.4, 0.5) is 5.69 Å². The van der Waals surface area contributed by atoms with Crippen molar-refractivity contribution in [3.63, 3.8) is 0 Å². The van der Waals surface area contributed by atoms with Gasteiger partial charge in [0.05, 0.1) is 7.11 Å². The molecule has 0 amide bonds. The normalized spacial score (nSPS) is 10.5. The Morgan fingerprint density at radius 2 is 2.16 bits per heavy atom. The number of carbonyl (C=O) groups excluding carboxylic acids is 1. The van der Waals surface area contributed by atoms with E-state index in [4.69, 9.17) is 22.1 Å². The third-order valence-electron chi connectivity index (χ3n) is 2.87. The summed E-state index contributed by atoms with van der Waals surface area (Å²) in [6.07, 6.45) is 1.88. The van der Waals surface area contributed by atoms with Crippen LogP contribution in [-0.4, -0.2) is 17.6 Å². The predicted molar refractivity (Wildman–Crippen MR) is 75.5 cm³/mol. The zero-order valence-electron chi connectivity index (χ0n) is 10.8. The van der Waals surface area contributed by atoms with E-state index in [9.17, 15) is 4.79 Å². The van der Waals surface area contributed by atoms with E-state index in [1.54, 1.807) is 24.3 Å². The van der Waals surface area contributed by atoms with E-state index in [1.165, 1.54) is 7.11 Å². The highest BCUT2D eigenvalue weighted by Gasteiger charge is 2.13. The first kappa shape index (κ1) is 13.5. The van der Waals surface area contributed by atoms with Crippen molar-refractivity contribution in [2.45, 2.75) is 13.5 Å². The van der Waals surface area contributed by atoms with Crippen molar-refractivity contribution < 1.29 is 9.53 Å². The number of hydrogen-bond acceptors (Lipinski definition) is 3. The number of aryl methyl sites for hydroxylation is 1. The molecule has 0 unspecified atom stereocenters. The fourth-order valence-corrected chi connectivity index (χ4v) is 2.15. The summed E-state index contributed by atoms with van der Waals surface area (Å²) in [5, 5.41) is 0.618. The number of methoxy groups -OCH3 is 1. The van der Waals surface area contributed by atoms with E-state index in [2.05, 4.69) is 0 Å². The van der Waals surface area contributed by atoms with Gasteiger partial charge in [0.25, 0.3) is 0 Å². The first-order chi connectivity index (χ1) is 9.01. The minimum Gasteiger partial charge on any atom is -0.464 e. The Balaban J connectivity index is 2.38. The monoisotopic (exact) mass is 278 g/mol. The number of nitrogens with zero attached hydrogens (tertiary/aromatic N) is 1. The first-order valence-electron chi connectivity index (χ1n) is 5.80. The maximum absolute atomic E-state index is 11.7. The quantitative estimate of drug-likeness (QED) is 0.694. The Kier molecular flexibility index (Phi) is 3.81. The van der Waals surface area contributed by atoms with Gasteiger partial charge < -0.3 is 15.0 Å². The number of nitrogens with two attached hydrogens (primary N) is 1. The second-order valence-corrected chi connectivity index (χ2v) is 4.80. The number of benzene rings is 1. The molecule has 5 heteroatoms. The standard InChI is InChI=1S/C14H15ClN2O2/c1-9-5-13(14(18)19-2)17(7-9)8-10-6-11(15)3-4-12(10)16/h3-7H,8,16H2,1-2H3. The molecule has 0 saturated carbocycles. The van der Waals surface area contributed by atoms with Gasteiger partial charge in [-0.2, -0.15) is 0 Å². The van der Waals surface area contributed by atoms with Crippen molar-refractivity contribution in [2.75, 3.05) is 12.8 Å². The maximum atomic E-state index is 11.7. The highest BCUT2D eigenvalue weighted by molar-refractivity contribution is 6.30. The molecule has 0 fully saturated rings. The molecular weight excluding hydrogens is 264 g/mol. The number of anilines is 1.